The molecule has 1 N–H and O–H groups in total. The van der Waals surface area contributed by atoms with Crippen molar-refractivity contribution in [2.45, 2.75) is 13.0 Å². The van der Waals surface area contributed by atoms with E-state index in [0.29, 0.717) is 27.4 Å². The highest BCUT2D eigenvalue weighted by Gasteiger charge is 2.23. The Kier molecular flexibility index (Phi) is 4.27. The molecule has 0 amide bonds. The van der Waals surface area contributed by atoms with E-state index >= 15 is 0 Å². The summed E-state index contributed by atoms with van der Waals surface area (Å²) in [6.45, 7) is 1.59. The molecule has 0 saturated heterocycles. The molecule has 1 unspecified atom stereocenters. The molecule has 7 nitrogen and oxygen atoms in total. The van der Waals surface area contributed by atoms with Crippen molar-refractivity contribution in [1.29, 1.82) is 0 Å². The summed E-state index contributed by atoms with van der Waals surface area (Å²) >= 11 is 7.44. The Morgan fingerprint density at radius 3 is 3.04 bits per heavy atom. The number of hydrogen-bond acceptors (Lipinski definition) is 6. The van der Waals surface area contributed by atoms with Gasteiger partial charge in [0.05, 0.1) is 16.7 Å². The van der Waals surface area contributed by atoms with Crippen molar-refractivity contribution in [2.75, 3.05) is 12.4 Å². The molecule has 1 aromatic carbocycles. The molecular formula is C14H12ClN3O4S. The number of H-pyrrole nitrogens is 1. The van der Waals surface area contributed by atoms with Crippen molar-refractivity contribution in [1.82, 2.24) is 4.98 Å². The Bertz CT molecular complexity index is 833. The van der Waals surface area contributed by atoms with Crippen LogP contribution in [0.15, 0.2) is 23.2 Å². The molecule has 0 fully saturated rings. The van der Waals surface area contributed by atoms with Gasteiger partial charge < -0.3 is 9.72 Å². The van der Waals surface area contributed by atoms with Crippen LogP contribution in [-0.2, 0) is 9.53 Å². The van der Waals surface area contributed by atoms with Crippen LogP contribution in [0, 0.1) is 10.1 Å². The number of carbonyl (C=O) groups excluding carboxylic acids is 1. The van der Waals surface area contributed by atoms with E-state index in [1.54, 1.807) is 12.1 Å². The summed E-state index contributed by atoms with van der Waals surface area (Å²) in [5.41, 5.74) is 1.04. The summed E-state index contributed by atoms with van der Waals surface area (Å²) in [5, 5.41) is 12.8. The molecule has 120 valence electrons. The summed E-state index contributed by atoms with van der Waals surface area (Å²) in [7, 11) is 0. The maximum absolute atomic E-state index is 11.1. The number of hydrogen-bond donors (Lipinski definition) is 1. The Morgan fingerprint density at radius 1 is 1.57 bits per heavy atom. The van der Waals surface area contributed by atoms with Crippen LogP contribution < -0.4 is 0 Å². The van der Waals surface area contributed by atoms with Crippen molar-refractivity contribution in [3.05, 3.63) is 39.0 Å². The third kappa shape index (κ3) is 3.32. The topological polar surface area (TPSA) is 97.6 Å². The maximum atomic E-state index is 11.1. The highest BCUT2D eigenvalue weighted by atomic mass is 35.5. The van der Waals surface area contributed by atoms with E-state index in [2.05, 4.69) is 9.98 Å². The Balaban J connectivity index is 1.92. The molecule has 1 aliphatic rings. The van der Waals surface area contributed by atoms with Gasteiger partial charge in [0, 0.05) is 29.2 Å². The largest absolute Gasteiger partial charge is 0.464 e. The zero-order chi connectivity index (χ0) is 16.6. The van der Waals surface area contributed by atoms with E-state index in [4.69, 9.17) is 16.3 Å². The minimum absolute atomic E-state index is 0.0705. The zero-order valence-corrected chi connectivity index (χ0v) is 13.6. The molecule has 9 heteroatoms. The van der Waals surface area contributed by atoms with E-state index in [0.717, 1.165) is 5.04 Å². The summed E-state index contributed by atoms with van der Waals surface area (Å²) in [4.78, 5) is 29.0. The van der Waals surface area contributed by atoms with E-state index in [-0.39, 0.29) is 24.3 Å². The standard InChI is InChI=1S/C14H12ClN3O4S/c1-7(19)22-5-10-6-23-14(16-10)11-3-8-2-9(15)4-12(18(20)21)13(8)17-11/h2-4,10,17H,5-6H2,1H3. The number of aliphatic imine (C=N–C) groups is 1. The fourth-order valence-electron chi connectivity index (χ4n) is 2.31. The lowest BCUT2D eigenvalue weighted by Crippen LogP contribution is -2.15. The number of halogens is 1. The van der Waals surface area contributed by atoms with E-state index < -0.39 is 4.92 Å². The first-order valence-corrected chi connectivity index (χ1v) is 8.11. The molecule has 0 radical (unpaired) electrons. The van der Waals surface area contributed by atoms with Crippen LogP contribution in [0.25, 0.3) is 10.9 Å². The molecule has 0 spiro atoms. The van der Waals surface area contributed by atoms with Gasteiger partial charge >= 0.3 is 5.97 Å². The van der Waals surface area contributed by atoms with Gasteiger partial charge in [-0.3, -0.25) is 19.9 Å². The lowest BCUT2D eigenvalue weighted by molar-refractivity contribution is -0.383. The number of ether oxygens (including phenoxy) is 1. The van der Waals surface area contributed by atoms with Crippen molar-refractivity contribution >= 4 is 51.0 Å². The second-order valence-corrected chi connectivity index (χ2v) is 6.48. The van der Waals surface area contributed by atoms with Gasteiger partial charge in [-0.1, -0.05) is 11.6 Å². The van der Waals surface area contributed by atoms with E-state index in [1.807, 2.05) is 0 Å². The number of nitro benzene ring substituents is 1. The quantitative estimate of drug-likeness (QED) is 0.517. The first kappa shape index (κ1) is 15.8. The Hall–Kier alpha value is -2.06. The second kappa shape index (κ2) is 6.21. The van der Waals surface area contributed by atoms with E-state index in [1.165, 1.54) is 24.8 Å². The minimum Gasteiger partial charge on any atom is -0.464 e. The van der Waals surface area contributed by atoms with Gasteiger partial charge in [-0.25, -0.2) is 0 Å². The summed E-state index contributed by atoms with van der Waals surface area (Å²) in [5.74, 6) is 0.357. The van der Waals surface area contributed by atoms with Gasteiger partial charge in [-0.05, 0) is 12.1 Å². The van der Waals surface area contributed by atoms with E-state index in [9.17, 15) is 14.9 Å². The SMILES string of the molecule is CC(=O)OCC1CSC(c2cc3cc(Cl)cc([N+](=O)[O-])c3[nH]2)=N1. The number of fused-ring (bicyclic) bond motifs is 1. The molecule has 1 aromatic heterocycles. The number of nitrogens with one attached hydrogen (secondary N) is 1. The van der Waals surface area contributed by atoms with Crippen molar-refractivity contribution in [3.8, 4) is 0 Å². The predicted octanol–water partition coefficient (Wildman–Crippen LogP) is 3.15. The number of non-ortho nitro benzene ring substituents is 1. The normalized spacial score (nSPS) is 17.3. The molecule has 1 atom stereocenters. The van der Waals surface area contributed by atoms with Crippen LogP contribution in [0.2, 0.25) is 5.02 Å². The lowest BCUT2D eigenvalue weighted by Gasteiger charge is -2.04. The second-order valence-electron chi connectivity index (χ2n) is 5.03. The van der Waals surface area contributed by atoms with Crippen LogP contribution in [-0.4, -0.2) is 39.3 Å². The molecule has 2 aromatic rings. The minimum atomic E-state index is -0.471. The monoisotopic (exact) mass is 353 g/mol. The fraction of sp³-hybridized carbons (Fsp3) is 0.286. The summed E-state index contributed by atoms with van der Waals surface area (Å²) in [6.07, 6.45) is 0. The van der Waals surface area contributed by atoms with Crippen molar-refractivity contribution in [2.24, 2.45) is 4.99 Å². The average Bonchev–Trinajstić information content (AvgIpc) is 3.09. The first-order valence-electron chi connectivity index (χ1n) is 6.75. The number of esters is 1. The summed E-state index contributed by atoms with van der Waals surface area (Å²) < 4.78 is 4.96. The van der Waals surface area contributed by atoms with Gasteiger partial charge in [0.1, 0.15) is 17.2 Å². The lowest BCUT2D eigenvalue weighted by atomic mass is 10.2. The van der Waals surface area contributed by atoms with Crippen LogP contribution in [0.1, 0.15) is 12.6 Å². The molecule has 2 heterocycles. The third-order valence-electron chi connectivity index (χ3n) is 3.29. The average molecular weight is 354 g/mol. The molecule has 1 aliphatic heterocycles. The molecular weight excluding hydrogens is 342 g/mol. The number of nitro groups is 1. The number of aromatic amines is 1. The number of aromatic nitrogens is 1. The van der Waals surface area contributed by atoms with Crippen LogP contribution in [0.4, 0.5) is 5.69 Å². The molecule has 23 heavy (non-hydrogen) atoms. The molecule has 0 saturated carbocycles. The van der Waals surface area contributed by atoms with Crippen LogP contribution in [0.3, 0.4) is 0 Å². The first-order chi connectivity index (χ1) is 10.9. The fourth-order valence-corrected chi connectivity index (χ4v) is 3.54. The van der Waals surface area contributed by atoms with Gasteiger partial charge in [-0.2, -0.15) is 0 Å². The number of nitrogens with zero attached hydrogens (tertiary/aromatic N) is 2. The maximum Gasteiger partial charge on any atom is 0.302 e. The number of benzene rings is 1. The molecule has 0 aliphatic carbocycles. The molecule has 0 bridgehead atoms. The highest BCUT2D eigenvalue weighted by Crippen LogP contribution is 2.32. The zero-order valence-electron chi connectivity index (χ0n) is 12.0. The Labute approximate surface area is 140 Å². The summed E-state index contributed by atoms with van der Waals surface area (Å²) in [6, 6.07) is 4.66. The highest BCUT2D eigenvalue weighted by molar-refractivity contribution is 8.14. The van der Waals surface area contributed by atoms with Gasteiger partial charge in [-0.15, -0.1) is 11.8 Å². The van der Waals surface area contributed by atoms with Crippen LogP contribution >= 0.6 is 23.4 Å². The molecule has 3 rings (SSSR count). The van der Waals surface area contributed by atoms with Crippen molar-refractivity contribution < 1.29 is 14.5 Å². The number of rotatable bonds is 4. The van der Waals surface area contributed by atoms with Gasteiger partial charge in [0.15, 0.2) is 0 Å². The number of thioether (sulfide) groups is 1. The van der Waals surface area contributed by atoms with Gasteiger partial charge in [0.25, 0.3) is 5.69 Å². The predicted molar refractivity (Wildman–Crippen MR) is 89.4 cm³/mol. The number of carbonyl (C=O) groups is 1. The van der Waals surface area contributed by atoms with Gasteiger partial charge in [0.2, 0.25) is 0 Å². The van der Waals surface area contributed by atoms with Crippen molar-refractivity contribution in [3.63, 3.8) is 0 Å². The Morgan fingerprint density at radius 2 is 2.35 bits per heavy atom. The van der Waals surface area contributed by atoms with Crippen LogP contribution in [0.5, 0.6) is 0 Å². The third-order valence-corrected chi connectivity index (χ3v) is 4.66. The smallest absolute Gasteiger partial charge is 0.302 e.